The third-order valence-corrected chi connectivity index (χ3v) is 9.04. The first kappa shape index (κ1) is 26.3. The zero-order valence-corrected chi connectivity index (χ0v) is 25.1. The summed E-state index contributed by atoms with van der Waals surface area (Å²) in [6.07, 6.45) is 0. The van der Waals surface area contributed by atoms with Crippen molar-refractivity contribution >= 4 is 60.5 Å². The molecule has 0 fully saturated rings. The lowest BCUT2D eigenvalue weighted by molar-refractivity contribution is 0.672. The number of benzene rings is 8. The molecule has 0 bridgehead atoms. The molecular formula is C44H29NO. The molecule has 0 atom stereocenters. The third kappa shape index (κ3) is 4.51. The molecular weight excluding hydrogens is 558 g/mol. The van der Waals surface area contributed by atoms with Crippen LogP contribution in [0.1, 0.15) is 0 Å². The maximum Gasteiger partial charge on any atom is 0.143 e. The molecule has 0 saturated carbocycles. The topological polar surface area (TPSA) is 16.4 Å². The van der Waals surface area contributed by atoms with E-state index >= 15 is 0 Å². The van der Waals surface area contributed by atoms with Gasteiger partial charge in [0, 0.05) is 33.2 Å². The number of hydrogen-bond donors (Lipinski definition) is 0. The first-order valence-corrected chi connectivity index (χ1v) is 15.7. The van der Waals surface area contributed by atoms with Crippen LogP contribution in [0.3, 0.4) is 0 Å². The summed E-state index contributed by atoms with van der Waals surface area (Å²) in [5, 5.41) is 7.13. The normalized spacial score (nSPS) is 11.5. The Morgan fingerprint density at radius 1 is 0.326 bits per heavy atom. The molecule has 0 radical (unpaired) electrons. The van der Waals surface area contributed by atoms with Gasteiger partial charge in [-0.2, -0.15) is 0 Å². The van der Waals surface area contributed by atoms with Crippen molar-refractivity contribution in [3.05, 3.63) is 176 Å². The highest BCUT2D eigenvalue weighted by Gasteiger charge is 2.15. The quantitative estimate of drug-likeness (QED) is 0.199. The van der Waals surface area contributed by atoms with Gasteiger partial charge in [-0.1, -0.05) is 115 Å². The molecule has 0 N–H and O–H groups in total. The van der Waals surface area contributed by atoms with Crippen LogP contribution in [-0.2, 0) is 0 Å². The monoisotopic (exact) mass is 587 g/mol. The lowest BCUT2D eigenvalue weighted by Crippen LogP contribution is -2.09. The number of rotatable bonds is 5. The van der Waals surface area contributed by atoms with Gasteiger partial charge in [0.1, 0.15) is 11.2 Å². The van der Waals surface area contributed by atoms with Gasteiger partial charge in [-0.05, 0) is 99.1 Å². The smallest absolute Gasteiger partial charge is 0.143 e. The summed E-state index contributed by atoms with van der Waals surface area (Å²) in [6.45, 7) is 0. The molecule has 9 aromatic rings. The number of fused-ring (bicyclic) bond motifs is 6. The van der Waals surface area contributed by atoms with Crippen molar-refractivity contribution in [1.82, 2.24) is 0 Å². The van der Waals surface area contributed by atoms with Gasteiger partial charge in [0.25, 0.3) is 0 Å². The van der Waals surface area contributed by atoms with E-state index in [1.54, 1.807) is 0 Å². The van der Waals surface area contributed by atoms with E-state index in [4.69, 9.17) is 4.42 Å². The van der Waals surface area contributed by atoms with Crippen LogP contribution in [0.5, 0.6) is 0 Å². The van der Waals surface area contributed by atoms with E-state index in [-0.39, 0.29) is 0 Å². The fourth-order valence-electron chi connectivity index (χ4n) is 6.68. The van der Waals surface area contributed by atoms with Crippen molar-refractivity contribution in [2.24, 2.45) is 0 Å². The molecule has 2 heteroatoms. The third-order valence-electron chi connectivity index (χ3n) is 9.04. The molecule has 9 rings (SSSR count). The van der Waals surface area contributed by atoms with Crippen LogP contribution in [0.2, 0.25) is 0 Å². The Morgan fingerprint density at radius 3 is 1.61 bits per heavy atom. The number of hydrogen-bond acceptors (Lipinski definition) is 2. The van der Waals surface area contributed by atoms with Gasteiger partial charge >= 0.3 is 0 Å². The van der Waals surface area contributed by atoms with Gasteiger partial charge in [0.15, 0.2) is 0 Å². The zero-order valence-electron chi connectivity index (χ0n) is 25.1. The Morgan fingerprint density at radius 2 is 0.870 bits per heavy atom. The molecule has 0 unspecified atom stereocenters. The highest BCUT2D eigenvalue weighted by molar-refractivity contribution is 6.15. The SMILES string of the molecule is c1ccc(N(c2ccc(-c3ccc4ccccc4c3)cc2)c2ccc(-c3ccc4oc5c6ccccc6ccc5c4c3)cc2)cc1. The van der Waals surface area contributed by atoms with Gasteiger partial charge in [-0.3, -0.25) is 0 Å². The predicted molar refractivity (Wildman–Crippen MR) is 194 cm³/mol. The van der Waals surface area contributed by atoms with Gasteiger partial charge in [0.2, 0.25) is 0 Å². The highest BCUT2D eigenvalue weighted by Crippen LogP contribution is 2.39. The van der Waals surface area contributed by atoms with Crippen LogP contribution in [-0.4, -0.2) is 0 Å². The summed E-state index contributed by atoms with van der Waals surface area (Å²) in [6, 6.07) is 62.7. The second kappa shape index (κ2) is 10.8. The van der Waals surface area contributed by atoms with Gasteiger partial charge in [-0.15, -0.1) is 0 Å². The van der Waals surface area contributed by atoms with Crippen molar-refractivity contribution in [2.45, 2.75) is 0 Å². The van der Waals surface area contributed by atoms with E-state index in [1.165, 1.54) is 38.4 Å². The average Bonchev–Trinajstić information content (AvgIpc) is 3.51. The summed E-state index contributed by atoms with van der Waals surface area (Å²) >= 11 is 0. The maximum absolute atomic E-state index is 6.35. The van der Waals surface area contributed by atoms with Crippen molar-refractivity contribution in [2.75, 3.05) is 4.90 Å². The van der Waals surface area contributed by atoms with E-state index in [0.717, 1.165) is 44.4 Å². The van der Waals surface area contributed by atoms with E-state index in [1.807, 2.05) is 0 Å². The second-order valence-corrected chi connectivity index (χ2v) is 11.8. The average molecular weight is 588 g/mol. The second-order valence-electron chi connectivity index (χ2n) is 11.8. The fraction of sp³-hybridized carbons (Fsp3) is 0. The minimum atomic E-state index is 0.911. The van der Waals surface area contributed by atoms with E-state index < -0.39 is 0 Å². The standard InChI is InChI=1S/C44H29NO/c1-2-11-37(12-3-1)45(38-22-16-31(17-23-38)35-15-14-30-8-4-5-10-34(30)28-35)39-24-18-32(19-25-39)36-21-27-43-42(29-36)41-26-20-33-9-6-7-13-40(33)44(41)46-43/h1-29H. The Hall–Kier alpha value is -6.12. The lowest BCUT2D eigenvalue weighted by Gasteiger charge is -2.26. The predicted octanol–water partition coefficient (Wildman–Crippen LogP) is 12.7. The van der Waals surface area contributed by atoms with Crippen molar-refractivity contribution in [3.8, 4) is 22.3 Å². The largest absolute Gasteiger partial charge is 0.455 e. The van der Waals surface area contributed by atoms with Crippen molar-refractivity contribution in [3.63, 3.8) is 0 Å². The van der Waals surface area contributed by atoms with Crippen molar-refractivity contribution in [1.29, 1.82) is 0 Å². The summed E-state index contributed by atoms with van der Waals surface area (Å²) in [7, 11) is 0. The van der Waals surface area contributed by atoms with Crippen LogP contribution >= 0.6 is 0 Å². The molecule has 46 heavy (non-hydrogen) atoms. The Kier molecular flexibility index (Phi) is 6.17. The summed E-state index contributed by atoms with van der Waals surface area (Å²) in [5.74, 6) is 0. The van der Waals surface area contributed by atoms with E-state index in [9.17, 15) is 0 Å². The highest BCUT2D eigenvalue weighted by atomic mass is 16.3. The molecule has 2 nitrogen and oxygen atoms in total. The van der Waals surface area contributed by atoms with E-state index in [0.29, 0.717) is 0 Å². The van der Waals surface area contributed by atoms with Crippen LogP contribution in [0.25, 0.3) is 65.7 Å². The van der Waals surface area contributed by atoms with E-state index in [2.05, 4.69) is 181 Å². The number of para-hydroxylation sites is 1. The first-order valence-electron chi connectivity index (χ1n) is 15.7. The molecule has 0 amide bonds. The minimum Gasteiger partial charge on any atom is -0.455 e. The minimum absolute atomic E-state index is 0.911. The Labute approximate surface area is 267 Å². The maximum atomic E-state index is 6.35. The van der Waals surface area contributed by atoms with Crippen LogP contribution < -0.4 is 4.90 Å². The van der Waals surface area contributed by atoms with Gasteiger partial charge in [0.05, 0.1) is 0 Å². The molecule has 0 aliphatic rings. The van der Waals surface area contributed by atoms with Crippen LogP contribution in [0, 0.1) is 0 Å². The number of nitrogens with zero attached hydrogens (tertiary/aromatic N) is 1. The van der Waals surface area contributed by atoms with Crippen LogP contribution in [0.4, 0.5) is 17.1 Å². The molecule has 216 valence electrons. The molecule has 1 heterocycles. The summed E-state index contributed by atoms with van der Waals surface area (Å²) < 4.78 is 6.35. The molecule has 0 saturated heterocycles. The summed E-state index contributed by atoms with van der Waals surface area (Å²) in [5.41, 5.74) is 9.95. The molecule has 1 aromatic heterocycles. The van der Waals surface area contributed by atoms with Gasteiger partial charge < -0.3 is 9.32 Å². The zero-order chi connectivity index (χ0) is 30.5. The number of anilines is 3. The molecule has 0 aliphatic carbocycles. The first-order chi connectivity index (χ1) is 22.8. The fourth-order valence-corrected chi connectivity index (χ4v) is 6.68. The Bertz CT molecular complexity index is 2510. The molecule has 0 spiro atoms. The van der Waals surface area contributed by atoms with Crippen LogP contribution in [0.15, 0.2) is 180 Å². The lowest BCUT2D eigenvalue weighted by atomic mass is 10.0. The Balaban J connectivity index is 1.07. The molecule has 8 aromatic carbocycles. The summed E-state index contributed by atoms with van der Waals surface area (Å²) in [4.78, 5) is 2.31. The van der Waals surface area contributed by atoms with Gasteiger partial charge in [-0.25, -0.2) is 0 Å². The van der Waals surface area contributed by atoms with Crippen molar-refractivity contribution < 1.29 is 4.42 Å². The molecule has 0 aliphatic heterocycles. The number of furan rings is 1.